The molecule has 19 heavy (non-hydrogen) atoms. The highest BCUT2D eigenvalue weighted by Gasteiger charge is 2.20. The molecule has 0 spiro atoms. The third-order valence-electron chi connectivity index (χ3n) is 3.01. The standard InChI is InChI=1S/C14H17NO3S/c1-9(16)15-7-5-12(17)13(18)11-4-2-3-10-6-8-19-14(10)11/h2-4,6,8,12-13,17-18H,5,7H2,1H3,(H,15,16). The van der Waals surface area contributed by atoms with Gasteiger partial charge in [0.15, 0.2) is 0 Å². The van der Waals surface area contributed by atoms with Crippen molar-refractivity contribution in [2.24, 2.45) is 0 Å². The lowest BCUT2D eigenvalue weighted by Gasteiger charge is -2.18. The molecule has 0 aliphatic rings. The second-order valence-electron chi connectivity index (χ2n) is 4.47. The van der Waals surface area contributed by atoms with Crippen molar-refractivity contribution in [2.75, 3.05) is 6.54 Å². The minimum atomic E-state index is -0.934. The van der Waals surface area contributed by atoms with Gasteiger partial charge < -0.3 is 15.5 Å². The zero-order chi connectivity index (χ0) is 13.8. The molecule has 1 aromatic heterocycles. The van der Waals surface area contributed by atoms with Crippen molar-refractivity contribution in [3.05, 3.63) is 35.2 Å². The molecule has 2 aromatic rings. The maximum atomic E-state index is 10.8. The average molecular weight is 279 g/mol. The van der Waals surface area contributed by atoms with Crippen molar-refractivity contribution in [2.45, 2.75) is 25.6 Å². The Balaban J connectivity index is 2.08. The second kappa shape index (κ2) is 6.14. The monoisotopic (exact) mass is 279 g/mol. The van der Waals surface area contributed by atoms with E-state index in [1.54, 1.807) is 11.3 Å². The molecule has 0 fully saturated rings. The molecule has 1 amide bonds. The Morgan fingerprint density at radius 1 is 1.37 bits per heavy atom. The van der Waals surface area contributed by atoms with Crippen LogP contribution in [0, 0.1) is 0 Å². The summed E-state index contributed by atoms with van der Waals surface area (Å²) in [5.41, 5.74) is 0.739. The van der Waals surface area contributed by atoms with Gasteiger partial charge in [-0.2, -0.15) is 0 Å². The Labute approximate surface area is 115 Å². The van der Waals surface area contributed by atoms with Gasteiger partial charge in [-0.3, -0.25) is 4.79 Å². The molecule has 1 heterocycles. The second-order valence-corrected chi connectivity index (χ2v) is 5.39. The van der Waals surface area contributed by atoms with E-state index in [0.29, 0.717) is 13.0 Å². The first-order chi connectivity index (χ1) is 9.09. The lowest BCUT2D eigenvalue weighted by molar-refractivity contribution is -0.119. The van der Waals surface area contributed by atoms with Crippen LogP contribution in [0.15, 0.2) is 29.6 Å². The largest absolute Gasteiger partial charge is 0.390 e. The van der Waals surface area contributed by atoms with E-state index in [0.717, 1.165) is 15.6 Å². The zero-order valence-electron chi connectivity index (χ0n) is 10.7. The highest BCUT2D eigenvalue weighted by Crippen LogP contribution is 2.30. The van der Waals surface area contributed by atoms with Gasteiger partial charge in [-0.1, -0.05) is 18.2 Å². The Hall–Kier alpha value is -1.43. The van der Waals surface area contributed by atoms with Gasteiger partial charge in [0.05, 0.1) is 6.10 Å². The number of carbonyl (C=O) groups excluding carboxylic acids is 1. The molecule has 2 rings (SSSR count). The Morgan fingerprint density at radius 2 is 2.16 bits per heavy atom. The highest BCUT2D eigenvalue weighted by atomic mass is 32.1. The van der Waals surface area contributed by atoms with Crippen LogP contribution in [-0.2, 0) is 4.79 Å². The number of hydrogen-bond donors (Lipinski definition) is 3. The molecule has 2 unspecified atom stereocenters. The lowest BCUT2D eigenvalue weighted by atomic mass is 10.0. The number of amides is 1. The summed E-state index contributed by atoms with van der Waals surface area (Å²) in [7, 11) is 0. The summed E-state index contributed by atoms with van der Waals surface area (Å²) in [5, 5.41) is 25.8. The van der Waals surface area contributed by atoms with Gasteiger partial charge >= 0.3 is 0 Å². The summed E-state index contributed by atoms with van der Waals surface area (Å²) < 4.78 is 0.994. The average Bonchev–Trinajstić information content (AvgIpc) is 2.85. The van der Waals surface area contributed by atoms with Gasteiger partial charge in [-0.15, -0.1) is 11.3 Å². The summed E-state index contributed by atoms with van der Waals surface area (Å²) in [4.78, 5) is 10.8. The molecule has 4 nitrogen and oxygen atoms in total. The number of benzene rings is 1. The maximum Gasteiger partial charge on any atom is 0.216 e. The van der Waals surface area contributed by atoms with E-state index in [-0.39, 0.29) is 5.91 Å². The van der Waals surface area contributed by atoms with Crippen LogP contribution in [0.4, 0.5) is 0 Å². The number of hydrogen-bond acceptors (Lipinski definition) is 4. The lowest BCUT2D eigenvalue weighted by Crippen LogP contribution is -2.27. The van der Waals surface area contributed by atoms with Gasteiger partial charge in [0.25, 0.3) is 0 Å². The molecule has 0 saturated carbocycles. The molecule has 102 valence electrons. The van der Waals surface area contributed by atoms with Crippen LogP contribution < -0.4 is 5.32 Å². The Morgan fingerprint density at radius 3 is 2.89 bits per heavy atom. The first-order valence-electron chi connectivity index (χ1n) is 6.16. The fraction of sp³-hybridized carbons (Fsp3) is 0.357. The molecule has 0 aliphatic carbocycles. The predicted molar refractivity (Wildman–Crippen MR) is 76.1 cm³/mol. The van der Waals surface area contributed by atoms with Crippen molar-refractivity contribution < 1.29 is 15.0 Å². The van der Waals surface area contributed by atoms with E-state index in [4.69, 9.17) is 0 Å². The van der Waals surface area contributed by atoms with Crippen molar-refractivity contribution in [3.8, 4) is 0 Å². The van der Waals surface area contributed by atoms with E-state index >= 15 is 0 Å². The highest BCUT2D eigenvalue weighted by molar-refractivity contribution is 7.17. The Kier molecular flexibility index (Phi) is 4.52. The number of rotatable bonds is 5. The summed E-state index contributed by atoms with van der Waals surface area (Å²) >= 11 is 1.55. The summed E-state index contributed by atoms with van der Waals surface area (Å²) in [6.07, 6.45) is -1.50. The van der Waals surface area contributed by atoms with E-state index in [2.05, 4.69) is 5.32 Å². The fourth-order valence-electron chi connectivity index (χ4n) is 2.01. The van der Waals surface area contributed by atoms with E-state index in [1.807, 2.05) is 29.6 Å². The molecule has 5 heteroatoms. The minimum absolute atomic E-state index is 0.137. The third-order valence-corrected chi connectivity index (χ3v) is 3.99. The molecule has 2 atom stereocenters. The molecular weight excluding hydrogens is 262 g/mol. The molecule has 1 aromatic carbocycles. The molecule has 0 radical (unpaired) electrons. The van der Waals surface area contributed by atoms with Crippen LogP contribution in [0.5, 0.6) is 0 Å². The number of thiophene rings is 1. The number of nitrogens with one attached hydrogen (secondary N) is 1. The van der Waals surface area contributed by atoms with Crippen molar-refractivity contribution in [1.82, 2.24) is 5.32 Å². The summed E-state index contributed by atoms with van der Waals surface area (Å²) in [6.45, 7) is 1.78. The third kappa shape index (κ3) is 3.32. The van der Waals surface area contributed by atoms with Gasteiger partial charge in [-0.25, -0.2) is 0 Å². The normalized spacial score (nSPS) is 14.3. The quantitative estimate of drug-likeness (QED) is 0.782. The first kappa shape index (κ1) is 14.0. The van der Waals surface area contributed by atoms with Crippen molar-refractivity contribution in [1.29, 1.82) is 0 Å². The molecule has 3 N–H and O–H groups in total. The van der Waals surface area contributed by atoms with Crippen LogP contribution >= 0.6 is 11.3 Å². The number of fused-ring (bicyclic) bond motifs is 1. The van der Waals surface area contributed by atoms with Gasteiger partial charge in [0.1, 0.15) is 6.10 Å². The van der Waals surface area contributed by atoms with Crippen LogP contribution in [0.25, 0.3) is 10.1 Å². The van der Waals surface area contributed by atoms with Crippen LogP contribution in [0.3, 0.4) is 0 Å². The van der Waals surface area contributed by atoms with Crippen molar-refractivity contribution in [3.63, 3.8) is 0 Å². The number of carbonyl (C=O) groups is 1. The SMILES string of the molecule is CC(=O)NCCC(O)C(O)c1cccc2ccsc12. The maximum absolute atomic E-state index is 10.8. The predicted octanol–water partition coefficient (Wildman–Crippen LogP) is 1.82. The van der Waals surface area contributed by atoms with Gasteiger partial charge in [0, 0.05) is 23.7 Å². The molecular formula is C14H17NO3S. The molecule has 0 bridgehead atoms. The summed E-state index contributed by atoms with van der Waals surface area (Å²) in [6, 6.07) is 7.66. The molecule has 0 saturated heterocycles. The van der Waals surface area contributed by atoms with E-state index < -0.39 is 12.2 Å². The zero-order valence-corrected chi connectivity index (χ0v) is 11.5. The summed E-state index contributed by atoms with van der Waals surface area (Å²) in [5.74, 6) is -0.137. The fourth-order valence-corrected chi connectivity index (χ4v) is 2.96. The van der Waals surface area contributed by atoms with Crippen LogP contribution in [0.2, 0.25) is 0 Å². The van der Waals surface area contributed by atoms with Crippen LogP contribution in [-0.4, -0.2) is 28.8 Å². The van der Waals surface area contributed by atoms with Crippen LogP contribution in [0.1, 0.15) is 25.0 Å². The minimum Gasteiger partial charge on any atom is -0.390 e. The topological polar surface area (TPSA) is 69.6 Å². The van der Waals surface area contributed by atoms with E-state index in [1.165, 1.54) is 6.92 Å². The smallest absolute Gasteiger partial charge is 0.216 e. The number of aliphatic hydroxyl groups excluding tert-OH is 2. The molecule has 0 aliphatic heterocycles. The van der Waals surface area contributed by atoms with E-state index in [9.17, 15) is 15.0 Å². The Bertz CT molecular complexity index is 567. The first-order valence-corrected chi connectivity index (χ1v) is 7.04. The number of aliphatic hydroxyl groups is 2. The van der Waals surface area contributed by atoms with Crippen molar-refractivity contribution >= 4 is 27.3 Å². The van der Waals surface area contributed by atoms with Gasteiger partial charge in [0.2, 0.25) is 5.91 Å². The van der Waals surface area contributed by atoms with Gasteiger partial charge in [-0.05, 0) is 23.3 Å².